The van der Waals surface area contributed by atoms with E-state index in [2.05, 4.69) is 17.2 Å². The predicted molar refractivity (Wildman–Crippen MR) is 40.7 cm³/mol. The molecular formula is C7H13N3. The highest BCUT2D eigenvalue weighted by Crippen LogP contribution is 2.06. The zero-order chi connectivity index (χ0) is 7.56. The number of aryl methyl sites for hydroxylation is 1. The van der Waals surface area contributed by atoms with Gasteiger partial charge in [0.15, 0.2) is 0 Å². The zero-order valence-electron chi connectivity index (χ0n) is 6.63. The van der Waals surface area contributed by atoms with E-state index in [1.165, 1.54) is 0 Å². The molecule has 0 saturated carbocycles. The first-order chi connectivity index (χ1) is 4.75. The van der Waals surface area contributed by atoms with Crippen LogP contribution in [0.2, 0.25) is 0 Å². The Morgan fingerprint density at radius 1 is 1.70 bits per heavy atom. The Hall–Kier alpha value is -0.830. The molecule has 0 spiro atoms. The van der Waals surface area contributed by atoms with Crippen LogP contribution in [-0.2, 0) is 7.05 Å². The van der Waals surface area contributed by atoms with Crippen LogP contribution in [0.25, 0.3) is 0 Å². The molecule has 0 aromatic carbocycles. The normalized spacial score (nSPS) is 13.5. The van der Waals surface area contributed by atoms with Crippen molar-refractivity contribution >= 4 is 0 Å². The number of imidazole rings is 1. The maximum Gasteiger partial charge on any atom is 0.125 e. The van der Waals surface area contributed by atoms with Gasteiger partial charge in [-0.3, -0.25) is 0 Å². The smallest absolute Gasteiger partial charge is 0.125 e. The standard InChI is InChI=1S/C7H13N3/c1-6(8-2)7-9-4-5-10(7)3/h4-6,8H,1-3H3/t6-/m0/s1. The topological polar surface area (TPSA) is 29.9 Å². The monoisotopic (exact) mass is 139 g/mol. The van der Waals surface area contributed by atoms with Gasteiger partial charge in [0.05, 0.1) is 6.04 Å². The molecule has 1 aromatic heterocycles. The van der Waals surface area contributed by atoms with E-state index >= 15 is 0 Å². The Labute approximate surface area is 61.1 Å². The fourth-order valence-corrected chi connectivity index (χ4v) is 0.923. The first kappa shape index (κ1) is 7.28. The summed E-state index contributed by atoms with van der Waals surface area (Å²) in [4.78, 5) is 4.19. The van der Waals surface area contributed by atoms with Gasteiger partial charge in [-0.15, -0.1) is 0 Å². The second kappa shape index (κ2) is 2.84. The Kier molecular flexibility index (Phi) is 2.06. The summed E-state index contributed by atoms with van der Waals surface area (Å²) in [6.45, 7) is 2.09. The molecule has 0 fully saturated rings. The van der Waals surface area contributed by atoms with E-state index in [4.69, 9.17) is 0 Å². The Morgan fingerprint density at radius 3 is 2.80 bits per heavy atom. The van der Waals surface area contributed by atoms with Crippen LogP contribution < -0.4 is 5.32 Å². The van der Waals surface area contributed by atoms with Gasteiger partial charge in [-0.25, -0.2) is 4.98 Å². The second-order valence-electron chi connectivity index (χ2n) is 2.41. The molecule has 1 aromatic rings. The fraction of sp³-hybridized carbons (Fsp3) is 0.571. The van der Waals surface area contributed by atoms with Crippen LogP contribution in [0.4, 0.5) is 0 Å². The van der Waals surface area contributed by atoms with Crippen LogP contribution in [0.3, 0.4) is 0 Å². The van der Waals surface area contributed by atoms with Crippen molar-refractivity contribution in [2.24, 2.45) is 7.05 Å². The van der Waals surface area contributed by atoms with Gasteiger partial charge >= 0.3 is 0 Å². The molecule has 3 nitrogen and oxygen atoms in total. The number of rotatable bonds is 2. The molecule has 3 heteroatoms. The molecule has 10 heavy (non-hydrogen) atoms. The van der Waals surface area contributed by atoms with Crippen LogP contribution in [0.5, 0.6) is 0 Å². The summed E-state index contributed by atoms with van der Waals surface area (Å²) in [7, 11) is 3.93. The zero-order valence-corrected chi connectivity index (χ0v) is 6.63. The number of hydrogen-bond donors (Lipinski definition) is 1. The first-order valence-corrected chi connectivity index (χ1v) is 3.40. The fourth-order valence-electron chi connectivity index (χ4n) is 0.923. The summed E-state index contributed by atoms with van der Waals surface area (Å²) in [5.41, 5.74) is 0. The summed E-state index contributed by atoms with van der Waals surface area (Å²) in [5.74, 6) is 1.07. The molecule has 0 bridgehead atoms. The van der Waals surface area contributed by atoms with E-state index in [9.17, 15) is 0 Å². The van der Waals surface area contributed by atoms with Gasteiger partial charge in [-0.05, 0) is 14.0 Å². The highest BCUT2D eigenvalue weighted by atomic mass is 15.1. The summed E-state index contributed by atoms with van der Waals surface area (Å²) in [6, 6.07) is 0.333. The van der Waals surface area contributed by atoms with Crippen LogP contribution in [0.1, 0.15) is 18.8 Å². The van der Waals surface area contributed by atoms with Crippen LogP contribution in [0, 0.1) is 0 Å². The molecule has 0 radical (unpaired) electrons. The minimum atomic E-state index is 0.333. The predicted octanol–water partition coefficient (Wildman–Crippen LogP) is 0.700. The molecule has 1 atom stereocenters. The highest BCUT2D eigenvalue weighted by Gasteiger charge is 2.05. The van der Waals surface area contributed by atoms with Crippen molar-refractivity contribution in [3.05, 3.63) is 18.2 Å². The lowest BCUT2D eigenvalue weighted by Crippen LogP contribution is -2.16. The average molecular weight is 139 g/mol. The molecule has 56 valence electrons. The Morgan fingerprint density at radius 2 is 2.40 bits per heavy atom. The summed E-state index contributed by atoms with van der Waals surface area (Å²) < 4.78 is 2.02. The van der Waals surface area contributed by atoms with Crippen LogP contribution >= 0.6 is 0 Å². The third-order valence-corrected chi connectivity index (χ3v) is 1.68. The van der Waals surface area contributed by atoms with Crippen molar-refractivity contribution in [3.8, 4) is 0 Å². The highest BCUT2D eigenvalue weighted by molar-refractivity contribution is 4.96. The molecule has 0 aliphatic rings. The number of hydrogen-bond acceptors (Lipinski definition) is 2. The van der Waals surface area contributed by atoms with Gasteiger partial charge in [0.2, 0.25) is 0 Å². The summed E-state index contributed by atoms with van der Waals surface area (Å²) >= 11 is 0. The summed E-state index contributed by atoms with van der Waals surface area (Å²) in [5, 5.41) is 3.12. The van der Waals surface area contributed by atoms with E-state index in [0.717, 1.165) is 5.82 Å². The average Bonchev–Trinajstić information content (AvgIpc) is 2.34. The van der Waals surface area contributed by atoms with Gasteiger partial charge < -0.3 is 9.88 Å². The molecule has 1 heterocycles. The first-order valence-electron chi connectivity index (χ1n) is 3.40. The molecule has 1 rings (SSSR count). The van der Waals surface area contributed by atoms with Gasteiger partial charge in [0.25, 0.3) is 0 Å². The number of aromatic nitrogens is 2. The summed E-state index contributed by atoms with van der Waals surface area (Å²) in [6.07, 6.45) is 3.76. The van der Waals surface area contributed by atoms with Gasteiger partial charge in [-0.2, -0.15) is 0 Å². The van der Waals surface area contributed by atoms with E-state index in [1.54, 1.807) is 0 Å². The lowest BCUT2D eigenvalue weighted by Gasteiger charge is -2.08. The minimum absolute atomic E-state index is 0.333. The van der Waals surface area contributed by atoms with Crippen molar-refractivity contribution in [1.29, 1.82) is 0 Å². The maximum atomic E-state index is 4.19. The number of nitrogens with one attached hydrogen (secondary N) is 1. The molecule has 0 amide bonds. The Bertz CT molecular complexity index is 204. The van der Waals surface area contributed by atoms with Crippen molar-refractivity contribution in [2.75, 3.05) is 7.05 Å². The second-order valence-corrected chi connectivity index (χ2v) is 2.41. The van der Waals surface area contributed by atoms with Crippen molar-refractivity contribution in [1.82, 2.24) is 14.9 Å². The van der Waals surface area contributed by atoms with Crippen LogP contribution in [-0.4, -0.2) is 16.6 Å². The van der Waals surface area contributed by atoms with E-state index < -0.39 is 0 Å². The molecular weight excluding hydrogens is 126 g/mol. The lowest BCUT2D eigenvalue weighted by molar-refractivity contribution is 0.585. The molecule has 0 saturated heterocycles. The largest absolute Gasteiger partial charge is 0.337 e. The Balaban J connectivity index is 2.82. The van der Waals surface area contributed by atoms with E-state index in [-0.39, 0.29) is 0 Å². The van der Waals surface area contributed by atoms with Gasteiger partial charge in [0.1, 0.15) is 5.82 Å². The lowest BCUT2D eigenvalue weighted by atomic mass is 10.3. The van der Waals surface area contributed by atoms with Crippen molar-refractivity contribution in [2.45, 2.75) is 13.0 Å². The molecule has 0 unspecified atom stereocenters. The van der Waals surface area contributed by atoms with Crippen molar-refractivity contribution < 1.29 is 0 Å². The molecule has 0 aliphatic carbocycles. The number of nitrogens with zero attached hydrogens (tertiary/aromatic N) is 2. The van der Waals surface area contributed by atoms with E-state index in [0.29, 0.717) is 6.04 Å². The third-order valence-electron chi connectivity index (χ3n) is 1.68. The van der Waals surface area contributed by atoms with Crippen LogP contribution in [0.15, 0.2) is 12.4 Å². The van der Waals surface area contributed by atoms with Gasteiger partial charge in [0, 0.05) is 19.4 Å². The third kappa shape index (κ3) is 1.19. The van der Waals surface area contributed by atoms with E-state index in [1.807, 2.05) is 31.1 Å². The molecule has 1 N–H and O–H groups in total. The quantitative estimate of drug-likeness (QED) is 0.653. The molecule has 0 aliphatic heterocycles. The SMILES string of the molecule is CN[C@@H](C)c1nccn1C. The maximum absolute atomic E-state index is 4.19. The minimum Gasteiger partial charge on any atom is -0.337 e. The van der Waals surface area contributed by atoms with Gasteiger partial charge in [-0.1, -0.05) is 0 Å². The van der Waals surface area contributed by atoms with Crippen molar-refractivity contribution in [3.63, 3.8) is 0 Å².